The van der Waals surface area contributed by atoms with Gasteiger partial charge in [0.2, 0.25) is 0 Å². The fourth-order valence-electron chi connectivity index (χ4n) is 10.5. The Morgan fingerprint density at radius 3 is 0.800 bits per heavy atom. The van der Waals surface area contributed by atoms with Crippen LogP contribution in [0.5, 0.6) is 0 Å². The number of hydrogen-bond acceptors (Lipinski definition) is 6. The average molecular weight is 1120 g/mol. The molecule has 0 saturated carbocycles. The first-order valence-electron chi connectivity index (χ1n) is 35.3. The van der Waals surface area contributed by atoms with E-state index in [2.05, 4.69) is 81.5 Å². The third-order valence-corrected chi connectivity index (χ3v) is 15.8. The van der Waals surface area contributed by atoms with Gasteiger partial charge in [-0.2, -0.15) is 0 Å². The molecular weight excluding hydrogens is 985 g/mol. The number of esters is 3. The molecule has 0 radical (unpaired) electrons. The second kappa shape index (κ2) is 68.6. The lowest BCUT2D eigenvalue weighted by atomic mass is 10.0. The van der Waals surface area contributed by atoms with Crippen LogP contribution >= 0.6 is 0 Å². The molecule has 0 aromatic heterocycles. The van der Waals surface area contributed by atoms with Gasteiger partial charge in [-0.05, 0) is 83.5 Å². The van der Waals surface area contributed by atoms with Gasteiger partial charge in [0.15, 0.2) is 6.10 Å². The quantitative estimate of drug-likeness (QED) is 0.0261. The standard InChI is InChI=1S/C74H134O6/c1-4-7-10-13-16-19-22-25-27-29-31-33-34-35-36-37-38-39-40-42-43-45-47-49-52-55-58-61-64-67-73(76)79-70-71(69-78-72(75)66-63-60-57-54-51-24-21-18-15-12-9-6-3)80-74(77)68-65-62-59-56-53-50-48-46-44-41-32-30-28-26-23-20-17-14-11-8-5-2/h7,10,16,18-19,21,25,27,31,33,71H,4-6,8-9,11-15,17,20,22-24,26,28-30,32,34-70H2,1-3H3/b10-7-,19-16-,21-18-,27-25-,33-31-. The Morgan fingerprint density at radius 1 is 0.263 bits per heavy atom. The maximum Gasteiger partial charge on any atom is 0.306 e. The average Bonchev–Trinajstić information content (AvgIpc) is 3.46. The molecule has 0 bridgehead atoms. The molecule has 0 aliphatic heterocycles. The van der Waals surface area contributed by atoms with E-state index in [4.69, 9.17) is 14.2 Å². The van der Waals surface area contributed by atoms with E-state index in [0.717, 1.165) is 89.9 Å². The molecule has 466 valence electrons. The van der Waals surface area contributed by atoms with Gasteiger partial charge in [-0.3, -0.25) is 14.4 Å². The molecule has 0 spiro atoms. The predicted molar refractivity (Wildman–Crippen MR) is 348 cm³/mol. The van der Waals surface area contributed by atoms with Gasteiger partial charge >= 0.3 is 17.9 Å². The maximum atomic E-state index is 12.9. The molecule has 0 aromatic carbocycles. The lowest BCUT2D eigenvalue weighted by Gasteiger charge is -2.18. The van der Waals surface area contributed by atoms with Gasteiger partial charge in [-0.15, -0.1) is 0 Å². The summed E-state index contributed by atoms with van der Waals surface area (Å²) in [5.41, 5.74) is 0. The number of rotatable bonds is 65. The molecule has 0 saturated heterocycles. The Bertz CT molecular complexity index is 1430. The van der Waals surface area contributed by atoms with E-state index in [1.165, 1.54) is 244 Å². The number of ether oxygens (including phenoxy) is 3. The number of carbonyl (C=O) groups is 3. The van der Waals surface area contributed by atoms with E-state index in [1.807, 2.05) is 0 Å². The molecule has 0 aliphatic rings. The third kappa shape index (κ3) is 65.9. The van der Waals surface area contributed by atoms with Crippen molar-refractivity contribution in [3.8, 4) is 0 Å². The molecular formula is C74H134O6. The van der Waals surface area contributed by atoms with Crippen LogP contribution in [0.15, 0.2) is 60.8 Å². The van der Waals surface area contributed by atoms with E-state index in [1.54, 1.807) is 0 Å². The van der Waals surface area contributed by atoms with E-state index < -0.39 is 6.10 Å². The van der Waals surface area contributed by atoms with Crippen LogP contribution in [0.1, 0.15) is 374 Å². The van der Waals surface area contributed by atoms with E-state index >= 15 is 0 Å². The fourth-order valence-corrected chi connectivity index (χ4v) is 10.5. The van der Waals surface area contributed by atoms with Gasteiger partial charge < -0.3 is 14.2 Å². The van der Waals surface area contributed by atoms with Crippen molar-refractivity contribution < 1.29 is 28.6 Å². The molecule has 0 fully saturated rings. The Hall–Kier alpha value is -2.89. The highest BCUT2D eigenvalue weighted by molar-refractivity contribution is 5.71. The summed E-state index contributed by atoms with van der Waals surface area (Å²) in [5, 5.41) is 0. The third-order valence-electron chi connectivity index (χ3n) is 15.8. The molecule has 6 nitrogen and oxygen atoms in total. The van der Waals surface area contributed by atoms with Gasteiger partial charge in [-0.25, -0.2) is 0 Å². The number of allylic oxidation sites excluding steroid dienone is 10. The Morgan fingerprint density at radius 2 is 0.487 bits per heavy atom. The highest BCUT2D eigenvalue weighted by Crippen LogP contribution is 2.18. The molecule has 80 heavy (non-hydrogen) atoms. The molecule has 1 unspecified atom stereocenters. The molecule has 0 aromatic rings. The lowest BCUT2D eigenvalue weighted by Crippen LogP contribution is -2.30. The zero-order valence-corrected chi connectivity index (χ0v) is 53.6. The normalized spacial score (nSPS) is 12.4. The van der Waals surface area contributed by atoms with Crippen LogP contribution < -0.4 is 0 Å². The Balaban J connectivity index is 4.18. The van der Waals surface area contributed by atoms with Crippen molar-refractivity contribution in [2.45, 2.75) is 380 Å². The second-order valence-electron chi connectivity index (χ2n) is 23.8. The van der Waals surface area contributed by atoms with Crippen LogP contribution in [0.25, 0.3) is 0 Å². The van der Waals surface area contributed by atoms with Crippen LogP contribution in [-0.2, 0) is 28.6 Å². The smallest absolute Gasteiger partial charge is 0.306 e. The van der Waals surface area contributed by atoms with E-state index in [0.29, 0.717) is 19.3 Å². The maximum absolute atomic E-state index is 12.9. The summed E-state index contributed by atoms with van der Waals surface area (Å²) < 4.78 is 17.0. The monoisotopic (exact) mass is 1120 g/mol. The molecule has 0 N–H and O–H groups in total. The van der Waals surface area contributed by atoms with Crippen molar-refractivity contribution >= 4 is 17.9 Å². The van der Waals surface area contributed by atoms with Crippen LogP contribution in [0.4, 0.5) is 0 Å². The summed E-state index contributed by atoms with van der Waals surface area (Å²) in [4.78, 5) is 38.4. The lowest BCUT2D eigenvalue weighted by molar-refractivity contribution is -0.167. The summed E-state index contributed by atoms with van der Waals surface area (Å²) in [6.07, 6.45) is 88.3. The fraction of sp³-hybridized carbons (Fsp3) is 0.824. The van der Waals surface area contributed by atoms with Gasteiger partial charge in [-0.1, -0.05) is 332 Å². The topological polar surface area (TPSA) is 78.9 Å². The molecule has 6 heteroatoms. The zero-order valence-electron chi connectivity index (χ0n) is 53.6. The molecule has 0 rings (SSSR count). The molecule has 0 amide bonds. The van der Waals surface area contributed by atoms with Crippen LogP contribution in [0.2, 0.25) is 0 Å². The minimum absolute atomic E-state index is 0.0715. The zero-order chi connectivity index (χ0) is 57.8. The molecule has 0 aliphatic carbocycles. The van der Waals surface area contributed by atoms with Crippen LogP contribution in [-0.4, -0.2) is 37.2 Å². The second-order valence-corrected chi connectivity index (χ2v) is 23.8. The minimum atomic E-state index is -0.775. The van der Waals surface area contributed by atoms with Gasteiger partial charge in [0.25, 0.3) is 0 Å². The molecule has 0 heterocycles. The van der Waals surface area contributed by atoms with Crippen molar-refractivity contribution in [1.82, 2.24) is 0 Å². The van der Waals surface area contributed by atoms with Gasteiger partial charge in [0.1, 0.15) is 13.2 Å². The summed E-state index contributed by atoms with van der Waals surface area (Å²) >= 11 is 0. The highest BCUT2D eigenvalue weighted by Gasteiger charge is 2.19. The summed E-state index contributed by atoms with van der Waals surface area (Å²) in [6, 6.07) is 0. The van der Waals surface area contributed by atoms with E-state index in [9.17, 15) is 14.4 Å². The van der Waals surface area contributed by atoms with Crippen molar-refractivity contribution in [3.05, 3.63) is 60.8 Å². The summed E-state index contributed by atoms with van der Waals surface area (Å²) in [7, 11) is 0. The van der Waals surface area contributed by atoms with Crippen LogP contribution in [0.3, 0.4) is 0 Å². The van der Waals surface area contributed by atoms with Crippen molar-refractivity contribution in [2.24, 2.45) is 0 Å². The summed E-state index contributed by atoms with van der Waals surface area (Å²) in [5.74, 6) is -0.855. The van der Waals surface area contributed by atoms with Crippen molar-refractivity contribution in [2.75, 3.05) is 13.2 Å². The SMILES string of the molecule is CC/C=C\C/C=C\C/C=C\C/C=C\CCCCCCCCCCCCCCCCCCC(=O)OCC(COC(=O)CCCCCCC/C=C\CCCCC)OC(=O)CCCCCCCCCCCCCCCCCCCCCCC. The Labute approximate surface area is 498 Å². The van der Waals surface area contributed by atoms with Crippen molar-refractivity contribution in [3.63, 3.8) is 0 Å². The summed E-state index contributed by atoms with van der Waals surface area (Å²) in [6.45, 7) is 6.56. The van der Waals surface area contributed by atoms with Crippen molar-refractivity contribution in [1.29, 1.82) is 0 Å². The largest absolute Gasteiger partial charge is 0.462 e. The first-order valence-corrected chi connectivity index (χ1v) is 35.3. The number of hydrogen-bond donors (Lipinski definition) is 0. The van der Waals surface area contributed by atoms with E-state index in [-0.39, 0.29) is 31.1 Å². The van der Waals surface area contributed by atoms with Gasteiger partial charge in [0, 0.05) is 19.3 Å². The highest BCUT2D eigenvalue weighted by atomic mass is 16.6. The first kappa shape index (κ1) is 77.1. The Kier molecular flexibility index (Phi) is 66.1. The molecule has 1 atom stereocenters. The number of unbranched alkanes of at least 4 members (excludes halogenated alkanes) is 44. The number of carbonyl (C=O) groups excluding carboxylic acids is 3. The van der Waals surface area contributed by atoms with Crippen LogP contribution in [0, 0.1) is 0 Å². The first-order chi connectivity index (χ1) is 39.5. The minimum Gasteiger partial charge on any atom is -0.462 e. The predicted octanol–water partition coefficient (Wildman–Crippen LogP) is 24.3. The van der Waals surface area contributed by atoms with Gasteiger partial charge in [0.05, 0.1) is 0 Å².